The molecule has 3 aromatic carbocycles. The van der Waals surface area contributed by atoms with Crippen molar-refractivity contribution in [3.63, 3.8) is 0 Å². The van der Waals surface area contributed by atoms with Gasteiger partial charge in [-0.15, -0.1) is 0 Å². The van der Waals surface area contributed by atoms with E-state index >= 15 is 0 Å². The van der Waals surface area contributed by atoms with Crippen LogP contribution in [0.15, 0.2) is 60.7 Å². The maximum absolute atomic E-state index is 14.9. The molecule has 0 heterocycles. The summed E-state index contributed by atoms with van der Waals surface area (Å²) in [5.41, 5.74) is 2.84. The van der Waals surface area contributed by atoms with Crippen LogP contribution < -0.4 is 0 Å². The molecule has 0 aliphatic heterocycles. The highest BCUT2D eigenvalue weighted by Crippen LogP contribution is 2.39. The van der Waals surface area contributed by atoms with Crippen LogP contribution in [0.5, 0.6) is 0 Å². The van der Waals surface area contributed by atoms with Crippen molar-refractivity contribution >= 4 is 0 Å². The van der Waals surface area contributed by atoms with Crippen molar-refractivity contribution in [1.82, 2.24) is 0 Å². The molecule has 0 aliphatic carbocycles. The SMILES string of the molecule is Cc1c(F)c(C#N)c(-c2ccccc2)c(C#N)c1-c1ccccc1. The Hall–Kier alpha value is -3.43. The maximum atomic E-state index is 14.9. The summed E-state index contributed by atoms with van der Waals surface area (Å²) in [6, 6.07) is 22.3. The van der Waals surface area contributed by atoms with Crippen LogP contribution >= 0.6 is 0 Å². The van der Waals surface area contributed by atoms with Crippen LogP contribution in [0.25, 0.3) is 22.3 Å². The molecule has 0 radical (unpaired) electrons. The van der Waals surface area contributed by atoms with Crippen molar-refractivity contribution in [2.45, 2.75) is 6.92 Å². The van der Waals surface area contributed by atoms with Crippen LogP contribution in [0.1, 0.15) is 16.7 Å². The minimum atomic E-state index is -0.575. The van der Waals surface area contributed by atoms with Gasteiger partial charge in [0.1, 0.15) is 18.0 Å². The zero-order valence-electron chi connectivity index (χ0n) is 13.0. The van der Waals surface area contributed by atoms with Crippen LogP contribution in [-0.4, -0.2) is 0 Å². The van der Waals surface area contributed by atoms with Gasteiger partial charge >= 0.3 is 0 Å². The maximum Gasteiger partial charge on any atom is 0.145 e. The molecular formula is C21H13FN2. The second-order valence-electron chi connectivity index (χ2n) is 5.39. The molecule has 0 fully saturated rings. The molecule has 0 saturated carbocycles. The van der Waals surface area contributed by atoms with E-state index in [4.69, 9.17) is 0 Å². The highest BCUT2D eigenvalue weighted by molar-refractivity contribution is 5.87. The standard InChI is InChI=1S/C21H13FN2/c1-14-19(15-8-4-2-5-9-15)17(12-23)20(18(13-24)21(14)22)16-10-6-3-7-11-16/h2-11H,1H3. The minimum Gasteiger partial charge on any atom is -0.205 e. The summed E-state index contributed by atoms with van der Waals surface area (Å²) in [6.07, 6.45) is 0. The predicted molar refractivity (Wildman–Crippen MR) is 91.4 cm³/mol. The van der Waals surface area contributed by atoms with Crippen LogP contribution in [0.3, 0.4) is 0 Å². The summed E-state index contributed by atoms with van der Waals surface area (Å²) in [5, 5.41) is 19.2. The first kappa shape index (κ1) is 15.5. The minimum absolute atomic E-state index is 0.0880. The Morgan fingerprint density at radius 3 is 1.62 bits per heavy atom. The third-order valence-electron chi connectivity index (χ3n) is 4.02. The number of hydrogen-bond acceptors (Lipinski definition) is 2. The van der Waals surface area contributed by atoms with E-state index in [-0.39, 0.29) is 5.56 Å². The summed E-state index contributed by atoms with van der Waals surface area (Å²) in [7, 11) is 0. The van der Waals surface area contributed by atoms with Crippen molar-refractivity contribution in [3.05, 3.63) is 83.2 Å². The van der Waals surface area contributed by atoms with Crippen molar-refractivity contribution < 1.29 is 4.39 Å². The number of nitriles is 2. The van der Waals surface area contributed by atoms with Gasteiger partial charge < -0.3 is 0 Å². The lowest BCUT2D eigenvalue weighted by Crippen LogP contribution is -2.02. The van der Waals surface area contributed by atoms with Gasteiger partial charge in [0.05, 0.1) is 11.1 Å². The van der Waals surface area contributed by atoms with Crippen molar-refractivity contribution in [2.24, 2.45) is 0 Å². The molecule has 2 nitrogen and oxygen atoms in total. The molecule has 0 aromatic heterocycles. The normalized spacial score (nSPS) is 10.0. The number of halogens is 1. The molecule has 0 saturated heterocycles. The van der Waals surface area contributed by atoms with Gasteiger partial charge in [0.15, 0.2) is 0 Å². The second-order valence-corrected chi connectivity index (χ2v) is 5.39. The summed E-state index contributed by atoms with van der Waals surface area (Å²) in [5.74, 6) is -0.575. The summed E-state index contributed by atoms with van der Waals surface area (Å²) < 4.78 is 14.9. The first-order valence-electron chi connectivity index (χ1n) is 7.46. The predicted octanol–water partition coefficient (Wildman–Crippen LogP) is 5.21. The van der Waals surface area contributed by atoms with Gasteiger partial charge in [-0.1, -0.05) is 60.7 Å². The summed E-state index contributed by atoms with van der Waals surface area (Å²) in [6.45, 7) is 1.61. The molecule has 3 aromatic rings. The molecule has 0 spiro atoms. The Morgan fingerprint density at radius 2 is 1.17 bits per heavy atom. The average molecular weight is 312 g/mol. The van der Waals surface area contributed by atoms with Gasteiger partial charge in [-0.2, -0.15) is 10.5 Å². The van der Waals surface area contributed by atoms with Gasteiger partial charge in [0, 0.05) is 11.1 Å². The van der Waals surface area contributed by atoms with Crippen molar-refractivity contribution in [2.75, 3.05) is 0 Å². The Morgan fingerprint density at radius 1 is 0.708 bits per heavy atom. The lowest BCUT2D eigenvalue weighted by molar-refractivity contribution is 0.615. The third-order valence-corrected chi connectivity index (χ3v) is 4.02. The molecule has 24 heavy (non-hydrogen) atoms. The Balaban J connectivity index is 2.48. The van der Waals surface area contributed by atoms with E-state index in [1.54, 1.807) is 31.2 Å². The van der Waals surface area contributed by atoms with Crippen LogP contribution in [0.4, 0.5) is 4.39 Å². The Kier molecular flexibility index (Phi) is 4.10. The van der Waals surface area contributed by atoms with Gasteiger partial charge in [-0.3, -0.25) is 0 Å². The van der Waals surface area contributed by atoms with Crippen molar-refractivity contribution in [3.8, 4) is 34.4 Å². The zero-order valence-corrected chi connectivity index (χ0v) is 13.0. The molecule has 0 aliphatic rings. The van der Waals surface area contributed by atoms with Gasteiger partial charge in [-0.05, 0) is 23.6 Å². The highest BCUT2D eigenvalue weighted by Gasteiger charge is 2.23. The molecule has 3 heteroatoms. The lowest BCUT2D eigenvalue weighted by Gasteiger charge is -2.16. The fourth-order valence-electron chi connectivity index (χ4n) is 2.92. The molecule has 0 bridgehead atoms. The molecular weight excluding hydrogens is 299 g/mol. The number of rotatable bonds is 2. The van der Waals surface area contributed by atoms with E-state index in [0.29, 0.717) is 27.8 Å². The fourth-order valence-corrected chi connectivity index (χ4v) is 2.92. The molecule has 114 valence electrons. The smallest absolute Gasteiger partial charge is 0.145 e. The first-order valence-corrected chi connectivity index (χ1v) is 7.46. The number of benzene rings is 3. The quantitative estimate of drug-likeness (QED) is 0.652. The van der Waals surface area contributed by atoms with E-state index in [9.17, 15) is 14.9 Å². The Labute approximate surface area is 140 Å². The third kappa shape index (κ3) is 2.43. The zero-order chi connectivity index (χ0) is 17.1. The van der Waals surface area contributed by atoms with E-state index in [0.717, 1.165) is 5.56 Å². The van der Waals surface area contributed by atoms with Crippen molar-refractivity contribution in [1.29, 1.82) is 10.5 Å². The van der Waals surface area contributed by atoms with Crippen LogP contribution in [-0.2, 0) is 0 Å². The molecule has 0 atom stereocenters. The molecule has 0 N–H and O–H groups in total. The first-order chi connectivity index (χ1) is 11.7. The van der Waals surface area contributed by atoms with Crippen LogP contribution in [0.2, 0.25) is 0 Å². The van der Waals surface area contributed by atoms with E-state index < -0.39 is 5.82 Å². The average Bonchev–Trinajstić information content (AvgIpc) is 2.64. The molecule has 0 unspecified atom stereocenters. The number of nitrogens with zero attached hydrogens (tertiary/aromatic N) is 2. The molecule has 3 rings (SSSR count). The monoisotopic (exact) mass is 312 g/mol. The molecule has 0 amide bonds. The van der Waals surface area contributed by atoms with E-state index in [2.05, 4.69) is 6.07 Å². The van der Waals surface area contributed by atoms with Crippen LogP contribution in [0, 0.1) is 35.4 Å². The van der Waals surface area contributed by atoms with E-state index in [1.807, 2.05) is 42.5 Å². The summed E-state index contributed by atoms with van der Waals surface area (Å²) in [4.78, 5) is 0. The highest BCUT2D eigenvalue weighted by atomic mass is 19.1. The Bertz CT molecular complexity index is 979. The topological polar surface area (TPSA) is 47.6 Å². The number of hydrogen-bond donors (Lipinski definition) is 0. The largest absolute Gasteiger partial charge is 0.205 e. The van der Waals surface area contributed by atoms with Gasteiger partial charge in [-0.25, -0.2) is 4.39 Å². The fraction of sp³-hybridized carbons (Fsp3) is 0.0476. The van der Waals surface area contributed by atoms with E-state index in [1.165, 1.54) is 0 Å². The van der Waals surface area contributed by atoms with Gasteiger partial charge in [0.2, 0.25) is 0 Å². The van der Waals surface area contributed by atoms with Gasteiger partial charge in [0.25, 0.3) is 0 Å². The lowest BCUT2D eigenvalue weighted by atomic mass is 9.85. The summed E-state index contributed by atoms with van der Waals surface area (Å²) >= 11 is 0. The second kappa shape index (κ2) is 6.36.